The Labute approximate surface area is 176 Å². The Morgan fingerprint density at radius 1 is 1.03 bits per heavy atom. The van der Waals surface area contributed by atoms with Crippen molar-refractivity contribution in [2.24, 2.45) is 0 Å². The molecule has 31 heavy (non-hydrogen) atoms. The van der Waals surface area contributed by atoms with Crippen LogP contribution in [0, 0.1) is 0 Å². The predicted molar refractivity (Wildman–Crippen MR) is 111 cm³/mol. The molecule has 1 saturated carbocycles. The van der Waals surface area contributed by atoms with Gasteiger partial charge in [0.2, 0.25) is 0 Å². The summed E-state index contributed by atoms with van der Waals surface area (Å²) in [6.45, 7) is 0. The fourth-order valence-electron chi connectivity index (χ4n) is 3.88. The molecule has 2 heterocycles. The lowest BCUT2D eigenvalue weighted by Gasteiger charge is -2.23. The van der Waals surface area contributed by atoms with Gasteiger partial charge in [-0.25, -0.2) is 9.97 Å². The molecule has 5 nitrogen and oxygen atoms in total. The SMILES string of the molecule is Nc1nccn2c(C3CCC3)nc(-c3ccc(Oc4ccccc4)cc3C(F)(F)F)c12. The van der Waals surface area contributed by atoms with Gasteiger partial charge in [0, 0.05) is 23.9 Å². The van der Waals surface area contributed by atoms with E-state index in [9.17, 15) is 13.2 Å². The van der Waals surface area contributed by atoms with Gasteiger partial charge in [0.25, 0.3) is 0 Å². The van der Waals surface area contributed by atoms with E-state index in [1.165, 1.54) is 18.3 Å². The molecule has 1 aliphatic rings. The third kappa shape index (κ3) is 3.48. The van der Waals surface area contributed by atoms with Crippen LogP contribution in [0.3, 0.4) is 0 Å². The molecule has 4 aromatic rings. The van der Waals surface area contributed by atoms with Crippen LogP contribution < -0.4 is 10.5 Å². The van der Waals surface area contributed by atoms with Gasteiger partial charge < -0.3 is 10.5 Å². The maximum Gasteiger partial charge on any atom is 0.417 e. The molecule has 2 aromatic carbocycles. The lowest BCUT2D eigenvalue weighted by atomic mass is 9.85. The molecule has 0 amide bonds. The third-order valence-electron chi connectivity index (χ3n) is 5.61. The first kappa shape index (κ1) is 19.4. The normalized spacial score (nSPS) is 14.5. The molecule has 0 aliphatic heterocycles. The van der Waals surface area contributed by atoms with Gasteiger partial charge in [-0.15, -0.1) is 0 Å². The van der Waals surface area contributed by atoms with Crippen LogP contribution in [0.25, 0.3) is 16.8 Å². The number of alkyl halides is 3. The van der Waals surface area contributed by atoms with E-state index in [1.807, 2.05) is 0 Å². The van der Waals surface area contributed by atoms with Crippen LogP contribution in [0.2, 0.25) is 0 Å². The van der Waals surface area contributed by atoms with Crippen LogP contribution in [0.5, 0.6) is 11.5 Å². The summed E-state index contributed by atoms with van der Waals surface area (Å²) in [5.74, 6) is 1.63. The molecule has 1 fully saturated rings. The van der Waals surface area contributed by atoms with E-state index in [0.29, 0.717) is 11.3 Å². The summed E-state index contributed by atoms with van der Waals surface area (Å²) in [5.41, 5.74) is 5.79. The van der Waals surface area contributed by atoms with Crippen LogP contribution in [-0.4, -0.2) is 14.4 Å². The molecule has 1 aliphatic carbocycles. The van der Waals surface area contributed by atoms with Crippen LogP contribution in [0.1, 0.15) is 36.6 Å². The van der Waals surface area contributed by atoms with E-state index in [-0.39, 0.29) is 28.7 Å². The zero-order chi connectivity index (χ0) is 21.6. The third-order valence-corrected chi connectivity index (χ3v) is 5.61. The van der Waals surface area contributed by atoms with Gasteiger partial charge in [-0.2, -0.15) is 13.2 Å². The predicted octanol–water partition coefficient (Wildman–Crippen LogP) is 6.06. The highest BCUT2D eigenvalue weighted by atomic mass is 19.4. The van der Waals surface area contributed by atoms with Gasteiger partial charge in [-0.05, 0) is 43.2 Å². The highest BCUT2D eigenvalue weighted by molar-refractivity contribution is 5.87. The average Bonchev–Trinajstić information content (AvgIpc) is 3.07. The summed E-state index contributed by atoms with van der Waals surface area (Å²) in [4.78, 5) is 8.72. The van der Waals surface area contributed by atoms with Crippen molar-refractivity contribution >= 4 is 11.3 Å². The highest BCUT2D eigenvalue weighted by Crippen LogP contribution is 2.44. The van der Waals surface area contributed by atoms with Gasteiger partial charge in [-0.3, -0.25) is 4.40 Å². The van der Waals surface area contributed by atoms with Gasteiger partial charge in [-0.1, -0.05) is 24.6 Å². The van der Waals surface area contributed by atoms with Gasteiger partial charge >= 0.3 is 6.18 Å². The molecule has 5 rings (SSSR count). The van der Waals surface area contributed by atoms with Crippen molar-refractivity contribution in [3.8, 4) is 22.8 Å². The van der Waals surface area contributed by atoms with Crippen molar-refractivity contribution in [3.05, 3.63) is 72.3 Å². The first-order valence-corrected chi connectivity index (χ1v) is 9.99. The Morgan fingerprint density at radius 2 is 1.81 bits per heavy atom. The summed E-state index contributed by atoms with van der Waals surface area (Å²) < 4.78 is 49.6. The molecule has 2 N–H and O–H groups in total. The van der Waals surface area contributed by atoms with Crippen LogP contribution in [0.4, 0.5) is 19.0 Å². The molecule has 0 saturated heterocycles. The van der Waals surface area contributed by atoms with Crippen molar-refractivity contribution < 1.29 is 17.9 Å². The minimum atomic E-state index is -4.60. The number of nitrogens with two attached hydrogens (primary N) is 1. The van der Waals surface area contributed by atoms with E-state index >= 15 is 0 Å². The number of hydrogen-bond acceptors (Lipinski definition) is 4. The fourth-order valence-corrected chi connectivity index (χ4v) is 3.88. The minimum Gasteiger partial charge on any atom is -0.457 e. The van der Waals surface area contributed by atoms with Crippen molar-refractivity contribution in [2.75, 3.05) is 5.73 Å². The largest absolute Gasteiger partial charge is 0.457 e. The van der Waals surface area contributed by atoms with Crippen molar-refractivity contribution in [2.45, 2.75) is 31.4 Å². The van der Waals surface area contributed by atoms with Crippen molar-refractivity contribution in [1.29, 1.82) is 0 Å². The first-order chi connectivity index (χ1) is 14.9. The second kappa shape index (κ2) is 7.30. The molecule has 0 radical (unpaired) electrons. The number of imidazole rings is 1. The maximum absolute atomic E-state index is 14.1. The summed E-state index contributed by atoms with van der Waals surface area (Å²) in [6.07, 6.45) is 1.63. The monoisotopic (exact) mass is 424 g/mol. The summed E-state index contributed by atoms with van der Waals surface area (Å²) in [6, 6.07) is 12.6. The zero-order valence-corrected chi connectivity index (χ0v) is 16.4. The van der Waals surface area contributed by atoms with Gasteiger partial charge in [0.1, 0.15) is 34.4 Å². The summed E-state index contributed by atoms with van der Waals surface area (Å²) >= 11 is 0. The maximum atomic E-state index is 14.1. The standard InChI is InChI=1S/C23H19F3N4O/c24-23(25,26)18-13-16(31-15-7-2-1-3-8-15)9-10-17(18)19-20-21(27)28-11-12-30(20)22(29-19)14-5-4-6-14/h1-3,7-14H,4-6H2,(H2,27,28). The molecule has 8 heteroatoms. The molecular formula is C23H19F3N4O. The quantitative estimate of drug-likeness (QED) is 0.433. The number of nitrogen functional groups attached to an aromatic ring is 1. The smallest absolute Gasteiger partial charge is 0.417 e. The van der Waals surface area contributed by atoms with E-state index in [0.717, 1.165) is 31.2 Å². The number of anilines is 1. The van der Waals surface area contributed by atoms with Crippen LogP contribution in [0.15, 0.2) is 60.9 Å². The van der Waals surface area contributed by atoms with Gasteiger partial charge in [0.15, 0.2) is 0 Å². The Bertz CT molecular complexity index is 1250. The Kier molecular flexibility index (Phi) is 4.57. The number of aromatic nitrogens is 3. The Balaban J connectivity index is 1.67. The lowest BCUT2D eigenvalue weighted by Crippen LogP contribution is -2.12. The fraction of sp³-hybridized carbons (Fsp3) is 0.217. The average molecular weight is 424 g/mol. The van der Waals surface area contributed by atoms with Crippen molar-refractivity contribution in [1.82, 2.24) is 14.4 Å². The second-order valence-corrected chi connectivity index (χ2v) is 7.60. The summed E-state index contributed by atoms with van der Waals surface area (Å²) in [5, 5.41) is 0. The lowest BCUT2D eigenvalue weighted by molar-refractivity contribution is -0.137. The molecular weight excluding hydrogens is 405 g/mol. The van der Waals surface area contributed by atoms with E-state index in [2.05, 4.69) is 9.97 Å². The van der Waals surface area contributed by atoms with E-state index in [1.54, 1.807) is 40.9 Å². The van der Waals surface area contributed by atoms with E-state index < -0.39 is 11.7 Å². The van der Waals surface area contributed by atoms with Crippen LogP contribution in [-0.2, 0) is 6.18 Å². The van der Waals surface area contributed by atoms with Crippen molar-refractivity contribution in [3.63, 3.8) is 0 Å². The number of fused-ring (bicyclic) bond motifs is 1. The number of hydrogen-bond donors (Lipinski definition) is 1. The molecule has 0 spiro atoms. The minimum absolute atomic E-state index is 0.0457. The van der Waals surface area contributed by atoms with E-state index in [4.69, 9.17) is 10.5 Å². The molecule has 0 bridgehead atoms. The topological polar surface area (TPSA) is 65.4 Å². The molecule has 0 unspecified atom stereocenters. The number of para-hydroxylation sites is 1. The number of nitrogens with zero attached hydrogens (tertiary/aromatic N) is 3. The van der Waals surface area contributed by atoms with Crippen LogP contribution >= 0.6 is 0 Å². The number of halogens is 3. The zero-order valence-electron chi connectivity index (χ0n) is 16.4. The molecule has 2 aromatic heterocycles. The first-order valence-electron chi connectivity index (χ1n) is 9.99. The number of ether oxygens (including phenoxy) is 1. The molecule has 158 valence electrons. The number of benzene rings is 2. The Hall–Kier alpha value is -3.55. The Morgan fingerprint density at radius 3 is 2.48 bits per heavy atom. The molecule has 0 atom stereocenters. The highest BCUT2D eigenvalue weighted by Gasteiger charge is 2.36. The second-order valence-electron chi connectivity index (χ2n) is 7.60. The van der Waals surface area contributed by atoms with Gasteiger partial charge in [0.05, 0.1) is 5.56 Å². The number of rotatable bonds is 4. The summed E-state index contributed by atoms with van der Waals surface area (Å²) in [7, 11) is 0.